The van der Waals surface area contributed by atoms with E-state index in [9.17, 15) is 10.1 Å². The summed E-state index contributed by atoms with van der Waals surface area (Å²) in [5, 5.41) is 10.9. The van der Waals surface area contributed by atoms with Crippen molar-refractivity contribution in [2.24, 2.45) is 23.2 Å². The highest BCUT2D eigenvalue weighted by atomic mass is 16.1. The number of hydrogen-bond acceptors (Lipinski definition) is 3. The maximum Gasteiger partial charge on any atom is 0.162 e. The number of pyridine rings is 1. The number of ketones is 1. The normalized spacial score (nSPS) is 34.0. The summed E-state index contributed by atoms with van der Waals surface area (Å²) in [6.07, 6.45) is 6.92. The summed E-state index contributed by atoms with van der Waals surface area (Å²) in [5.41, 5.74) is 1.24. The second-order valence-corrected chi connectivity index (χ2v) is 8.55. The third kappa shape index (κ3) is 2.31. The summed E-state index contributed by atoms with van der Waals surface area (Å²) >= 11 is 0. The zero-order valence-corrected chi connectivity index (χ0v) is 14.3. The minimum atomic E-state index is -0.721. The van der Waals surface area contributed by atoms with Crippen LogP contribution in [0, 0.1) is 34.5 Å². The average molecular weight is 330 g/mol. The van der Waals surface area contributed by atoms with Crippen molar-refractivity contribution in [1.82, 2.24) is 4.98 Å². The van der Waals surface area contributed by atoms with Gasteiger partial charge in [-0.2, -0.15) is 5.26 Å². The fourth-order valence-corrected chi connectivity index (χ4v) is 6.22. The fraction of sp³-hybridized carbons (Fsp3) is 0.500. The molecule has 0 amide bonds. The molecule has 2 aromatic rings. The van der Waals surface area contributed by atoms with Crippen LogP contribution in [0.25, 0.3) is 10.9 Å². The van der Waals surface area contributed by atoms with Gasteiger partial charge in [-0.25, -0.2) is 0 Å². The predicted octanol–water partition coefficient (Wildman–Crippen LogP) is 4.63. The molecule has 1 unspecified atom stereocenters. The Labute approximate surface area is 148 Å². The Balaban J connectivity index is 1.51. The molecule has 4 fully saturated rings. The van der Waals surface area contributed by atoms with Gasteiger partial charge in [0.05, 0.1) is 17.3 Å². The Morgan fingerprint density at radius 3 is 2.32 bits per heavy atom. The van der Waals surface area contributed by atoms with Gasteiger partial charge in [0.1, 0.15) is 5.92 Å². The average Bonchev–Trinajstić information content (AvgIpc) is 2.61. The number of carbonyl (C=O) groups excluding carboxylic acids is 1. The van der Waals surface area contributed by atoms with Crippen LogP contribution in [-0.4, -0.2) is 10.8 Å². The topological polar surface area (TPSA) is 53.8 Å². The van der Waals surface area contributed by atoms with Crippen LogP contribution in [0.15, 0.2) is 36.4 Å². The van der Waals surface area contributed by atoms with E-state index in [2.05, 4.69) is 11.1 Å². The van der Waals surface area contributed by atoms with Crippen LogP contribution in [0.1, 0.15) is 50.1 Å². The second-order valence-electron chi connectivity index (χ2n) is 8.55. The Bertz CT molecular complexity index is 859. The molecule has 1 atom stereocenters. The Hall–Kier alpha value is -2.21. The number of carbonyl (C=O) groups is 1. The van der Waals surface area contributed by atoms with Crippen LogP contribution < -0.4 is 0 Å². The summed E-state index contributed by atoms with van der Waals surface area (Å²) in [5.74, 6) is 1.55. The van der Waals surface area contributed by atoms with Gasteiger partial charge in [0.2, 0.25) is 0 Å². The van der Waals surface area contributed by atoms with Gasteiger partial charge >= 0.3 is 0 Å². The van der Waals surface area contributed by atoms with Crippen molar-refractivity contribution >= 4 is 16.7 Å². The third-order valence-electron chi connectivity index (χ3n) is 6.87. The molecule has 4 bridgehead atoms. The maximum absolute atomic E-state index is 13.5. The number of Topliss-reactive ketones (excluding diaryl/α,β-unsaturated/α-hetero) is 1. The lowest BCUT2D eigenvalue weighted by atomic mass is 9.47. The number of nitriles is 1. The van der Waals surface area contributed by atoms with E-state index in [0.29, 0.717) is 23.4 Å². The van der Waals surface area contributed by atoms with E-state index in [0.717, 1.165) is 30.2 Å². The van der Waals surface area contributed by atoms with Gasteiger partial charge in [-0.05, 0) is 68.4 Å². The molecule has 0 saturated heterocycles. The summed E-state index contributed by atoms with van der Waals surface area (Å²) in [6.45, 7) is 0. The number of nitrogens with zero attached hydrogens (tertiary/aromatic N) is 2. The van der Waals surface area contributed by atoms with E-state index >= 15 is 0 Å². The molecule has 0 spiro atoms. The first-order valence-corrected chi connectivity index (χ1v) is 9.46. The SMILES string of the molecule is N#CC(C(=O)C12CC3CC(CC(C3)C1)C2)c1ccc2ccccc2n1. The molecule has 1 aromatic heterocycles. The fourth-order valence-electron chi connectivity index (χ4n) is 6.22. The maximum atomic E-state index is 13.5. The molecule has 4 aliphatic carbocycles. The minimum Gasteiger partial charge on any atom is -0.297 e. The number of aromatic nitrogens is 1. The predicted molar refractivity (Wildman–Crippen MR) is 95.7 cm³/mol. The van der Waals surface area contributed by atoms with Crippen LogP contribution in [0.3, 0.4) is 0 Å². The van der Waals surface area contributed by atoms with Crippen LogP contribution in [-0.2, 0) is 4.79 Å². The second kappa shape index (κ2) is 5.39. The van der Waals surface area contributed by atoms with Gasteiger partial charge < -0.3 is 0 Å². The molecule has 126 valence electrons. The van der Waals surface area contributed by atoms with Crippen LogP contribution in [0.5, 0.6) is 0 Å². The highest BCUT2D eigenvalue weighted by Gasteiger charge is 2.55. The number of fused-ring (bicyclic) bond motifs is 1. The minimum absolute atomic E-state index is 0.150. The van der Waals surface area contributed by atoms with E-state index < -0.39 is 5.92 Å². The number of benzene rings is 1. The molecule has 1 aromatic carbocycles. The van der Waals surface area contributed by atoms with Gasteiger partial charge in [0, 0.05) is 10.8 Å². The lowest BCUT2D eigenvalue weighted by Gasteiger charge is -2.56. The van der Waals surface area contributed by atoms with E-state index in [4.69, 9.17) is 0 Å². The van der Waals surface area contributed by atoms with Gasteiger partial charge in [-0.3, -0.25) is 9.78 Å². The summed E-state index contributed by atoms with van der Waals surface area (Å²) in [4.78, 5) is 18.2. The Kier molecular flexibility index (Phi) is 3.25. The number of para-hydroxylation sites is 1. The van der Waals surface area contributed by atoms with E-state index in [1.54, 1.807) is 0 Å². The molecule has 4 saturated carbocycles. The van der Waals surface area contributed by atoms with Crippen molar-refractivity contribution in [1.29, 1.82) is 5.26 Å². The van der Waals surface area contributed by atoms with Crippen molar-refractivity contribution in [3.05, 3.63) is 42.1 Å². The Morgan fingerprint density at radius 1 is 1.04 bits per heavy atom. The quantitative estimate of drug-likeness (QED) is 0.824. The van der Waals surface area contributed by atoms with Crippen molar-refractivity contribution in [2.75, 3.05) is 0 Å². The first-order chi connectivity index (χ1) is 12.2. The van der Waals surface area contributed by atoms with Gasteiger partial charge in [0.15, 0.2) is 5.78 Å². The summed E-state index contributed by atoms with van der Waals surface area (Å²) < 4.78 is 0. The zero-order valence-electron chi connectivity index (χ0n) is 14.3. The van der Waals surface area contributed by atoms with E-state index in [1.807, 2.05) is 36.4 Å². The van der Waals surface area contributed by atoms with Crippen molar-refractivity contribution in [3.8, 4) is 6.07 Å². The molecule has 3 nitrogen and oxygen atoms in total. The molecular weight excluding hydrogens is 308 g/mol. The van der Waals surface area contributed by atoms with Gasteiger partial charge in [0.25, 0.3) is 0 Å². The Morgan fingerprint density at radius 2 is 1.68 bits per heavy atom. The number of hydrogen-bond donors (Lipinski definition) is 0. The van der Waals surface area contributed by atoms with E-state index in [1.165, 1.54) is 19.3 Å². The molecule has 0 N–H and O–H groups in total. The molecule has 0 radical (unpaired) electrons. The van der Waals surface area contributed by atoms with Crippen LogP contribution in [0.4, 0.5) is 0 Å². The standard InChI is InChI=1S/C22H22N2O/c23-13-18(20-6-5-17-3-1-2-4-19(17)24-20)21(25)22-10-14-7-15(11-22)9-16(8-14)12-22/h1-6,14-16,18H,7-12H2. The zero-order chi connectivity index (χ0) is 17.0. The smallest absolute Gasteiger partial charge is 0.162 e. The first-order valence-electron chi connectivity index (χ1n) is 9.46. The molecule has 0 aliphatic heterocycles. The molecule has 25 heavy (non-hydrogen) atoms. The molecule has 3 heteroatoms. The molecule has 4 aliphatic rings. The summed E-state index contributed by atoms with van der Waals surface area (Å²) in [7, 11) is 0. The first kappa shape index (κ1) is 15.1. The highest BCUT2D eigenvalue weighted by Crippen LogP contribution is 2.61. The lowest BCUT2D eigenvalue weighted by molar-refractivity contribution is -0.144. The lowest BCUT2D eigenvalue weighted by Crippen LogP contribution is -2.51. The van der Waals surface area contributed by atoms with Gasteiger partial charge in [-0.15, -0.1) is 0 Å². The monoisotopic (exact) mass is 330 g/mol. The number of rotatable bonds is 3. The van der Waals surface area contributed by atoms with Crippen LogP contribution >= 0.6 is 0 Å². The van der Waals surface area contributed by atoms with E-state index in [-0.39, 0.29) is 11.2 Å². The van der Waals surface area contributed by atoms with Crippen LogP contribution in [0.2, 0.25) is 0 Å². The largest absolute Gasteiger partial charge is 0.297 e. The highest BCUT2D eigenvalue weighted by molar-refractivity contribution is 5.94. The van der Waals surface area contributed by atoms with Gasteiger partial charge in [-0.1, -0.05) is 24.3 Å². The summed E-state index contributed by atoms with van der Waals surface area (Å²) in [6, 6.07) is 14.0. The van der Waals surface area contributed by atoms with Crippen molar-refractivity contribution in [3.63, 3.8) is 0 Å². The van der Waals surface area contributed by atoms with Crippen molar-refractivity contribution in [2.45, 2.75) is 44.4 Å². The third-order valence-corrected chi connectivity index (χ3v) is 6.87. The molecule has 1 heterocycles. The molecular formula is C22H22N2O. The van der Waals surface area contributed by atoms with Crippen molar-refractivity contribution < 1.29 is 4.79 Å². The molecule has 6 rings (SSSR count).